The molecule has 3 rings (SSSR count). The summed E-state index contributed by atoms with van der Waals surface area (Å²) in [7, 11) is 1.84. The van der Waals surface area contributed by atoms with Crippen molar-refractivity contribution in [1.29, 1.82) is 0 Å². The fourth-order valence-corrected chi connectivity index (χ4v) is 2.70. The Hall–Kier alpha value is -2.06. The molecule has 0 radical (unpaired) electrons. The summed E-state index contributed by atoms with van der Waals surface area (Å²) in [4.78, 5) is 6.09. The Morgan fingerprint density at radius 1 is 1.36 bits per heavy atom. The monoisotopic (exact) mass is 318 g/mol. The maximum Gasteiger partial charge on any atom is 0.131 e. The molecule has 0 amide bonds. The zero-order valence-corrected chi connectivity index (χ0v) is 13.0. The molecule has 1 unspecified atom stereocenters. The van der Waals surface area contributed by atoms with E-state index in [0.717, 1.165) is 29.8 Å². The molecule has 6 heteroatoms. The molecule has 4 nitrogen and oxygen atoms in total. The summed E-state index contributed by atoms with van der Waals surface area (Å²) < 4.78 is 15.4. The fraction of sp³-hybridized carbons (Fsp3) is 0.375. The molecular weight excluding hydrogens is 303 g/mol. The average molecular weight is 319 g/mol. The quantitative estimate of drug-likeness (QED) is 0.599. The fourth-order valence-electron chi connectivity index (χ4n) is 2.55. The van der Waals surface area contributed by atoms with E-state index in [1.165, 1.54) is 0 Å². The number of alkyl halides is 1. The molecule has 2 aromatic heterocycles. The van der Waals surface area contributed by atoms with Gasteiger partial charge in [0.25, 0.3) is 0 Å². The van der Waals surface area contributed by atoms with Crippen LogP contribution in [-0.2, 0) is 7.05 Å². The topological polar surface area (TPSA) is 34.0 Å². The lowest BCUT2D eigenvalue weighted by Crippen LogP contribution is -2.36. The highest BCUT2D eigenvalue weighted by Crippen LogP contribution is 2.26. The minimum absolute atomic E-state index is 0.377. The van der Waals surface area contributed by atoms with Crippen molar-refractivity contribution in [3.8, 4) is 11.8 Å². The lowest BCUT2D eigenvalue weighted by molar-refractivity contribution is 0.287. The second-order valence-corrected chi connectivity index (χ2v) is 5.75. The van der Waals surface area contributed by atoms with Crippen LogP contribution in [0.25, 0.3) is 0 Å². The third-order valence-electron chi connectivity index (χ3n) is 3.60. The molecule has 2 aromatic rings. The number of hydrogen-bond donors (Lipinski definition) is 0. The molecule has 0 aromatic carbocycles. The van der Waals surface area contributed by atoms with Crippen LogP contribution in [0, 0.1) is 11.8 Å². The van der Waals surface area contributed by atoms with Gasteiger partial charge >= 0.3 is 0 Å². The van der Waals surface area contributed by atoms with Crippen molar-refractivity contribution < 1.29 is 4.39 Å². The number of anilines is 1. The molecule has 0 bridgehead atoms. The summed E-state index contributed by atoms with van der Waals surface area (Å²) >= 11 is 6.00. The van der Waals surface area contributed by atoms with Gasteiger partial charge in [0.2, 0.25) is 0 Å². The van der Waals surface area contributed by atoms with Crippen molar-refractivity contribution in [2.24, 2.45) is 7.05 Å². The average Bonchev–Trinajstić information content (AvgIpc) is 2.91. The van der Waals surface area contributed by atoms with E-state index in [1.807, 2.05) is 18.1 Å². The summed E-state index contributed by atoms with van der Waals surface area (Å²) in [5.74, 6) is 6.15. The first-order valence-corrected chi connectivity index (χ1v) is 7.55. The Balaban J connectivity index is 1.92. The highest BCUT2D eigenvalue weighted by atomic mass is 35.5. The molecule has 1 aliphatic rings. The third kappa shape index (κ3) is 3.40. The van der Waals surface area contributed by atoms with Gasteiger partial charge < -0.3 is 4.90 Å². The van der Waals surface area contributed by atoms with Crippen LogP contribution in [0.5, 0.6) is 0 Å². The van der Waals surface area contributed by atoms with Gasteiger partial charge in [0.05, 0.1) is 23.0 Å². The molecule has 1 fully saturated rings. The molecule has 0 saturated carbocycles. The van der Waals surface area contributed by atoms with Crippen LogP contribution in [0.3, 0.4) is 0 Å². The summed E-state index contributed by atoms with van der Waals surface area (Å²) in [5, 5.41) is 4.47. The first-order chi connectivity index (χ1) is 10.6. The lowest BCUT2D eigenvalue weighted by Gasteiger charge is -2.31. The first-order valence-electron chi connectivity index (χ1n) is 7.17. The Labute approximate surface area is 133 Å². The Kier molecular flexibility index (Phi) is 4.30. The van der Waals surface area contributed by atoms with Gasteiger partial charge in [-0.3, -0.25) is 4.68 Å². The molecular formula is C16H16ClFN4. The molecule has 0 N–H and O–H groups in total. The minimum Gasteiger partial charge on any atom is -0.367 e. The predicted octanol–water partition coefficient (Wildman–Crippen LogP) is 2.81. The Morgan fingerprint density at radius 3 is 2.95 bits per heavy atom. The van der Waals surface area contributed by atoms with Crippen LogP contribution < -0.4 is 4.90 Å². The van der Waals surface area contributed by atoms with E-state index in [1.54, 1.807) is 23.1 Å². The van der Waals surface area contributed by atoms with Gasteiger partial charge in [-0.25, -0.2) is 9.37 Å². The van der Waals surface area contributed by atoms with E-state index in [0.29, 0.717) is 18.1 Å². The number of hydrogen-bond acceptors (Lipinski definition) is 3. The van der Waals surface area contributed by atoms with Crippen molar-refractivity contribution in [3.63, 3.8) is 0 Å². The zero-order chi connectivity index (χ0) is 15.5. The van der Waals surface area contributed by atoms with Crippen LogP contribution in [0.1, 0.15) is 24.0 Å². The van der Waals surface area contributed by atoms with Crippen molar-refractivity contribution in [2.45, 2.75) is 19.0 Å². The molecule has 0 spiro atoms. The number of aryl methyl sites for hydroxylation is 1. The van der Waals surface area contributed by atoms with Crippen LogP contribution >= 0.6 is 11.6 Å². The number of aromatic nitrogens is 3. The summed E-state index contributed by atoms with van der Waals surface area (Å²) in [5.41, 5.74) is 2.42. The van der Waals surface area contributed by atoms with Crippen LogP contribution in [-0.4, -0.2) is 34.0 Å². The molecule has 114 valence electrons. The van der Waals surface area contributed by atoms with Crippen molar-refractivity contribution in [2.75, 3.05) is 18.0 Å². The first kappa shape index (κ1) is 14.9. The summed E-state index contributed by atoms with van der Waals surface area (Å²) in [6.45, 7) is 1.18. The lowest BCUT2D eigenvalue weighted by atomic mass is 10.1. The van der Waals surface area contributed by atoms with Crippen LogP contribution in [0.4, 0.5) is 10.1 Å². The SMILES string of the molecule is Cn1cc(C#Cc2cnc(Cl)cc2N2CCCC(F)C2)cn1. The van der Waals surface area contributed by atoms with E-state index in [4.69, 9.17) is 11.6 Å². The smallest absolute Gasteiger partial charge is 0.131 e. The van der Waals surface area contributed by atoms with Crippen molar-refractivity contribution >= 4 is 17.3 Å². The van der Waals surface area contributed by atoms with Gasteiger partial charge in [-0.15, -0.1) is 0 Å². The second kappa shape index (κ2) is 6.37. The van der Waals surface area contributed by atoms with Crippen molar-refractivity contribution in [3.05, 3.63) is 40.9 Å². The molecule has 1 saturated heterocycles. The van der Waals surface area contributed by atoms with Gasteiger partial charge in [0.15, 0.2) is 0 Å². The Morgan fingerprint density at radius 2 is 2.23 bits per heavy atom. The molecule has 0 aliphatic carbocycles. The number of rotatable bonds is 1. The zero-order valence-electron chi connectivity index (χ0n) is 12.3. The molecule has 3 heterocycles. The van der Waals surface area contributed by atoms with Gasteiger partial charge in [0, 0.05) is 38.6 Å². The second-order valence-electron chi connectivity index (χ2n) is 5.36. The maximum atomic E-state index is 13.7. The van der Waals surface area contributed by atoms with Gasteiger partial charge in [-0.1, -0.05) is 23.4 Å². The van der Waals surface area contributed by atoms with E-state index < -0.39 is 6.17 Å². The van der Waals surface area contributed by atoms with E-state index in [9.17, 15) is 4.39 Å². The summed E-state index contributed by atoms with van der Waals surface area (Å²) in [6.07, 6.45) is 5.83. The predicted molar refractivity (Wildman–Crippen MR) is 84.8 cm³/mol. The molecule has 22 heavy (non-hydrogen) atoms. The van der Waals surface area contributed by atoms with E-state index >= 15 is 0 Å². The van der Waals surface area contributed by atoms with Crippen molar-refractivity contribution in [1.82, 2.24) is 14.8 Å². The highest BCUT2D eigenvalue weighted by molar-refractivity contribution is 6.29. The third-order valence-corrected chi connectivity index (χ3v) is 3.81. The van der Waals surface area contributed by atoms with Gasteiger partial charge in [0.1, 0.15) is 11.3 Å². The minimum atomic E-state index is -0.806. The van der Waals surface area contributed by atoms with E-state index in [-0.39, 0.29) is 0 Å². The summed E-state index contributed by atoms with van der Waals surface area (Å²) in [6, 6.07) is 1.76. The maximum absolute atomic E-state index is 13.7. The molecule has 1 aliphatic heterocycles. The molecule has 1 atom stereocenters. The van der Waals surface area contributed by atoms with Gasteiger partial charge in [-0.2, -0.15) is 5.10 Å². The standard InChI is InChI=1S/C16H16ClFN4/c1-21-10-12(8-20-21)4-5-13-9-19-16(17)7-15(13)22-6-2-3-14(18)11-22/h7-10,14H,2-3,6,11H2,1H3. The number of pyridine rings is 1. The van der Waals surface area contributed by atoms with E-state index in [2.05, 4.69) is 21.9 Å². The highest BCUT2D eigenvalue weighted by Gasteiger charge is 2.21. The largest absolute Gasteiger partial charge is 0.367 e. The Bertz CT molecular complexity index is 731. The van der Waals surface area contributed by atoms with Crippen LogP contribution in [0.15, 0.2) is 24.7 Å². The number of nitrogens with zero attached hydrogens (tertiary/aromatic N) is 4. The van der Waals surface area contributed by atoms with Crippen LogP contribution in [0.2, 0.25) is 5.15 Å². The van der Waals surface area contributed by atoms with Gasteiger partial charge in [-0.05, 0) is 12.8 Å². The number of halogens is 2. The normalized spacial score (nSPS) is 18.0. The number of piperidine rings is 1.